The summed E-state index contributed by atoms with van der Waals surface area (Å²) in [6, 6.07) is 15.0. The maximum absolute atomic E-state index is 13.7. The van der Waals surface area contributed by atoms with Crippen molar-refractivity contribution in [3.05, 3.63) is 92.8 Å². The fraction of sp³-hybridized carbons (Fsp3) is 0.241. The number of carbonyl (C=O) groups is 1. The van der Waals surface area contributed by atoms with Gasteiger partial charge in [-0.25, -0.2) is 0 Å². The van der Waals surface area contributed by atoms with Crippen molar-refractivity contribution < 1.29 is 28.5 Å². The van der Waals surface area contributed by atoms with Gasteiger partial charge in [0, 0.05) is 6.54 Å². The Morgan fingerprint density at radius 3 is 2.38 bits per heavy atom. The molecule has 0 fully saturated rings. The van der Waals surface area contributed by atoms with Gasteiger partial charge in [0.2, 0.25) is 5.76 Å². The van der Waals surface area contributed by atoms with E-state index in [0.717, 1.165) is 11.1 Å². The van der Waals surface area contributed by atoms with Gasteiger partial charge in [-0.3, -0.25) is 9.59 Å². The zero-order valence-corrected chi connectivity index (χ0v) is 21.0. The molecule has 1 aliphatic heterocycles. The lowest BCUT2D eigenvalue weighted by atomic mass is 9.97. The van der Waals surface area contributed by atoms with Crippen molar-refractivity contribution in [2.24, 2.45) is 0 Å². The Bertz CT molecular complexity index is 1570. The molecule has 1 N–H and O–H groups in total. The number of ether oxygens (including phenoxy) is 3. The predicted octanol–water partition coefficient (Wildman–Crippen LogP) is 4.62. The Labute approximate surface area is 213 Å². The quantitative estimate of drug-likeness (QED) is 0.395. The summed E-state index contributed by atoms with van der Waals surface area (Å²) in [6.07, 6.45) is 0.499. The van der Waals surface area contributed by atoms with Gasteiger partial charge in [0.15, 0.2) is 28.4 Å². The average molecular weight is 502 g/mol. The van der Waals surface area contributed by atoms with E-state index in [-0.39, 0.29) is 34.2 Å². The van der Waals surface area contributed by atoms with E-state index in [9.17, 15) is 14.7 Å². The van der Waals surface area contributed by atoms with Gasteiger partial charge in [-0.1, -0.05) is 23.8 Å². The van der Waals surface area contributed by atoms with Gasteiger partial charge < -0.3 is 28.6 Å². The van der Waals surface area contributed by atoms with E-state index in [0.29, 0.717) is 41.0 Å². The first-order chi connectivity index (χ1) is 17.9. The summed E-state index contributed by atoms with van der Waals surface area (Å²) in [6.45, 7) is 2.20. The summed E-state index contributed by atoms with van der Waals surface area (Å²) in [5.41, 5.74) is 2.88. The van der Waals surface area contributed by atoms with Crippen LogP contribution in [0.3, 0.4) is 0 Å². The van der Waals surface area contributed by atoms with Gasteiger partial charge in [-0.05, 0) is 60.9 Å². The van der Waals surface area contributed by atoms with Crippen LogP contribution in [0.5, 0.6) is 23.0 Å². The molecule has 3 aromatic carbocycles. The van der Waals surface area contributed by atoms with Crippen LogP contribution in [-0.2, 0) is 6.42 Å². The third-order valence-corrected chi connectivity index (χ3v) is 6.73. The highest BCUT2D eigenvalue weighted by atomic mass is 16.5. The number of hydrogen-bond donors (Lipinski definition) is 1. The summed E-state index contributed by atoms with van der Waals surface area (Å²) in [5, 5.41) is 10.6. The zero-order chi connectivity index (χ0) is 26.3. The molecule has 5 rings (SSSR count). The maximum Gasteiger partial charge on any atom is 0.290 e. The molecule has 2 heterocycles. The summed E-state index contributed by atoms with van der Waals surface area (Å²) < 4.78 is 22.1. The molecule has 190 valence electrons. The number of carbonyl (C=O) groups excluding carboxylic acids is 1. The highest BCUT2D eigenvalue weighted by Gasteiger charge is 2.42. The van der Waals surface area contributed by atoms with Gasteiger partial charge in [-0.2, -0.15) is 0 Å². The van der Waals surface area contributed by atoms with E-state index in [2.05, 4.69) is 0 Å². The first-order valence-electron chi connectivity index (χ1n) is 11.8. The SMILES string of the molecule is COc1cc(C2c3c(oc4ccc(C)cc4c3=O)C(=O)N2CCc2ccc(OC)c(OC)c2)ccc1O. The smallest absolute Gasteiger partial charge is 0.290 e. The van der Waals surface area contributed by atoms with Crippen molar-refractivity contribution in [1.82, 2.24) is 4.90 Å². The van der Waals surface area contributed by atoms with E-state index in [1.165, 1.54) is 13.2 Å². The van der Waals surface area contributed by atoms with Crippen molar-refractivity contribution in [1.29, 1.82) is 0 Å². The summed E-state index contributed by atoms with van der Waals surface area (Å²) in [7, 11) is 4.59. The molecular weight excluding hydrogens is 474 g/mol. The normalized spacial score (nSPS) is 14.6. The first kappa shape index (κ1) is 24.2. The highest BCUT2D eigenvalue weighted by molar-refractivity contribution is 5.99. The Hall–Kier alpha value is -4.46. The van der Waals surface area contributed by atoms with E-state index in [1.807, 2.05) is 31.2 Å². The molecule has 37 heavy (non-hydrogen) atoms. The van der Waals surface area contributed by atoms with Crippen molar-refractivity contribution in [3.63, 3.8) is 0 Å². The number of fused-ring (bicyclic) bond motifs is 2. The average Bonchev–Trinajstić information content (AvgIpc) is 3.19. The molecule has 1 aromatic heterocycles. The largest absolute Gasteiger partial charge is 0.504 e. The van der Waals surface area contributed by atoms with E-state index in [4.69, 9.17) is 18.6 Å². The van der Waals surface area contributed by atoms with Crippen LogP contribution in [0.2, 0.25) is 0 Å². The van der Waals surface area contributed by atoms with Crippen LogP contribution in [0.4, 0.5) is 0 Å². The first-order valence-corrected chi connectivity index (χ1v) is 11.8. The molecule has 8 heteroatoms. The van der Waals surface area contributed by atoms with Crippen LogP contribution in [0.1, 0.15) is 38.9 Å². The van der Waals surface area contributed by atoms with Crippen molar-refractivity contribution in [2.75, 3.05) is 27.9 Å². The van der Waals surface area contributed by atoms with E-state index >= 15 is 0 Å². The van der Waals surface area contributed by atoms with Crippen LogP contribution in [-0.4, -0.2) is 43.8 Å². The molecule has 0 radical (unpaired) electrons. The standard InChI is InChI=1S/C29H27NO7/c1-16-5-9-21-19(13-16)27(32)25-26(18-7-8-20(31)23(15-18)35-3)30(29(33)28(25)37-21)12-11-17-6-10-22(34-2)24(14-17)36-4/h5-10,13-15,26,31H,11-12H2,1-4H3. The molecule has 0 saturated carbocycles. The fourth-order valence-corrected chi connectivity index (χ4v) is 4.86. The molecule has 1 aliphatic rings. The van der Waals surface area contributed by atoms with E-state index in [1.54, 1.807) is 43.4 Å². The maximum atomic E-state index is 13.7. The van der Waals surface area contributed by atoms with Crippen LogP contribution < -0.4 is 19.6 Å². The van der Waals surface area contributed by atoms with Crippen molar-refractivity contribution >= 4 is 16.9 Å². The highest BCUT2D eigenvalue weighted by Crippen LogP contribution is 2.41. The molecule has 1 amide bonds. The van der Waals surface area contributed by atoms with Gasteiger partial charge in [0.25, 0.3) is 5.91 Å². The number of phenolic OH excluding ortho intramolecular Hbond substituents is 1. The summed E-state index contributed by atoms with van der Waals surface area (Å²) >= 11 is 0. The lowest BCUT2D eigenvalue weighted by Crippen LogP contribution is -2.31. The lowest BCUT2D eigenvalue weighted by Gasteiger charge is -2.25. The number of amides is 1. The fourth-order valence-electron chi connectivity index (χ4n) is 4.86. The Morgan fingerprint density at radius 2 is 1.65 bits per heavy atom. The Morgan fingerprint density at radius 1 is 0.892 bits per heavy atom. The molecule has 1 unspecified atom stereocenters. The number of hydrogen-bond acceptors (Lipinski definition) is 7. The number of methoxy groups -OCH3 is 3. The summed E-state index contributed by atoms with van der Waals surface area (Å²) in [5.74, 6) is 1.09. The number of benzene rings is 3. The minimum atomic E-state index is -0.710. The van der Waals surface area contributed by atoms with Crippen molar-refractivity contribution in [2.45, 2.75) is 19.4 Å². The van der Waals surface area contributed by atoms with Gasteiger partial charge in [-0.15, -0.1) is 0 Å². The minimum absolute atomic E-state index is 0.0331. The Balaban J connectivity index is 1.61. The lowest BCUT2D eigenvalue weighted by molar-refractivity contribution is 0.0730. The number of phenols is 1. The summed E-state index contributed by atoms with van der Waals surface area (Å²) in [4.78, 5) is 29.1. The van der Waals surface area contributed by atoms with E-state index < -0.39 is 6.04 Å². The molecule has 0 saturated heterocycles. The molecule has 0 spiro atoms. The number of rotatable bonds is 7. The van der Waals surface area contributed by atoms with Crippen LogP contribution in [0.25, 0.3) is 11.0 Å². The van der Waals surface area contributed by atoms with Gasteiger partial charge in [0.1, 0.15) is 5.58 Å². The molecule has 0 aliphatic carbocycles. The minimum Gasteiger partial charge on any atom is -0.504 e. The third-order valence-electron chi connectivity index (χ3n) is 6.73. The predicted molar refractivity (Wildman–Crippen MR) is 138 cm³/mol. The second-order valence-electron chi connectivity index (χ2n) is 8.95. The molecule has 0 bridgehead atoms. The van der Waals surface area contributed by atoms with Crippen LogP contribution >= 0.6 is 0 Å². The second kappa shape index (κ2) is 9.54. The molecule has 4 aromatic rings. The number of aromatic hydroxyl groups is 1. The van der Waals surface area contributed by atoms with Crippen LogP contribution in [0.15, 0.2) is 63.8 Å². The topological polar surface area (TPSA) is 98.4 Å². The third kappa shape index (κ3) is 4.14. The zero-order valence-electron chi connectivity index (χ0n) is 21.0. The van der Waals surface area contributed by atoms with Crippen molar-refractivity contribution in [3.8, 4) is 23.0 Å². The van der Waals surface area contributed by atoms with Gasteiger partial charge in [0.05, 0.1) is 38.3 Å². The molecule has 1 atom stereocenters. The number of nitrogens with zero attached hydrogens (tertiary/aromatic N) is 1. The monoisotopic (exact) mass is 501 g/mol. The van der Waals surface area contributed by atoms with Crippen LogP contribution in [0, 0.1) is 6.92 Å². The van der Waals surface area contributed by atoms with Gasteiger partial charge >= 0.3 is 0 Å². The number of aryl methyl sites for hydroxylation is 1. The second-order valence-corrected chi connectivity index (χ2v) is 8.95. The molecule has 8 nitrogen and oxygen atoms in total. The Kier molecular flexibility index (Phi) is 6.25. The molecular formula is C29H27NO7.